The number of aromatic nitrogens is 4. The number of aromatic amines is 1. The summed E-state index contributed by atoms with van der Waals surface area (Å²) in [4.78, 5) is 23.4. The highest BCUT2D eigenvalue weighted by molar-refractivity contribution is 7.15. The number of H-pyrrole nitrogens is 1. The summed E-state index contributed by atoms with van der Waals surface area (Å²) in [5.74, 6) is -0.543. The topological polar surface area (TPSA) is 122 Å². The summed E-state index contributed by atoms with van der Waals surface area (Å²) in [6, 6.07) is 0. The third-order valence-electron chi connectivity index (χ3n) is 3.71. The number of hydrogen-bond acceptors (Lipinski definition) is 8. The van der Waals surface area contributed by atoms with Crippen LogP contribution in [-0.2, 0) is 28.9 Å². The Morgan fingerprint density at radius 2 is 2.20 bits per heavy atom. The Morgan fingerprint density at radius 3 is 3.00 bits per heavy atom. The van der Waals surface area contributed by atoms with Crippen molar-refractivity contribution in [3.8, 4) is 0 Å². The van der Waals surface area contributed by atoms with Gasteiger partial charge in [-0.05, 0) is 6.42 Å². The standard InChI is InChI=1S/C14H18N6O3S.ClH/c1-23-11(21)4-2-3-10-18-20-14(24-10)16-13(22)12-8-7-15-6-5-9(8)17-19-12;/h15H,2-7H2,1H3,(H,17,19)(H,16,20,22);1H. The van der Waals surface area contributed by atoms with Crippen molar-refractivity contribution in [1.29, 1.82) is 0 Å². The first-order valence-corrected chi connectivity index (χ1v) is 8.46. The Balaban J connectivity index is 0.00000225. The fraction of sp³-hybridized carbons (Fsp3) is 0.500. The van der Waals surface area contributed by atoms with Gasteiger partial charge in [0.15, 0.2) is 5.69 Å². The fourth-order valence-electron chi connectivity index (χ4n) is 2.46. The maximum absolute atomic E-state index is 12.4. The number of carbonyl (C=O) groups is 2. The molecule has 0 unspecified atom stereocenters. The van der Waals surface area contributed by atoms with E-state index in [1.165, 1.54) is 18.4 Å². The molecule has 11 heteroatoms. The Bertz CT molecular complexity index is 747. The number of fused-ring (bicyclic) bond motifs is 1. The van der Waals surface area contributed by atoms with E-state index < -0.39 is 0 Å². The zero-order chi connectivity index (χ0) is 16.9. The SMILES string of the molecule is COC(=O)CCCc1nnc(NC(=O)c2n[nH]c3c2CNCC3)s1.Cl. The highest BCUT2D eigenvalue weighted by Gasteiger charge is 2.22. The molecule has 0 atom stereocenters. The van der Waals surface area contributed by atoms with E-state index in [-0.39, 0.29) is 24.3 Å². The molecule has 1 aliphatic heterocycles. The highest BCUT2D eigenvalue weighted by atomic mass is 35.5. The van der Waals surface area contributed by atoms with Crippen LogP contribution in [0.15, 0.2) is 0 Å². The number of carbonyl (C=O) groups excluding carboxylic acids is 2. The van der Waals surface area contributed by atoms with Crippen LogP contribution >= 0.6 is 23.7 Å². The van der Waals surface area contributed by atoms with E-state index in [0.717, 1.165) is 29.2 Å². The Hall–Kier alpha value is -2.04. The number of esters is 1. The van der Waals surface area contributed by atoms with Crippen molar-refractivity contribution in [2.24, 2.45) is 0 Å². The zero-order valence-corrected chi connectivity index (χ0v) is 15.3. The number of ether oxygens (including phenoxy) is 1. The maximum atomic E-state index is 12.4. The molecule has 3 N–H and O–H groups in total. The van der Waals surface area contributed by atoms with Crippen molar-refractivity contribution < 1.29 is 14.3 Å². The Kier molecular flexibility index (Phi) is 6.85. The van der Waals surface area contributed by atoms with Gasteiger partial charge in [0, 0.05) is 43.6 Å². The first-order valence-electron chi connectivity index (χ1n) is 7.64. The number of aryl methyl sites for hydroxylation is 1. The molecule has 0 radical (unpaired) electrons. The molecule has 2 aromatic rings. The summed E-state index contributed by atoms with van der Waals surface area (Å²) >= 11 is 1.30. The molecule has 0 aromatic carbocycles. The van der Waals surface area contributed by atoms with E-state index in [1.807, 2.05) is 0 Å². The number of nitrogens with zero attached hydrogens (tertiary/aromatic N) is 3. The summed E-state index contributed by atoms with van der Waals surface area (Å²) in [7, 11) is 1.37. The van der Waals surface area contributed by atoms with E-state index in [4.69, 9.17) is 0 Å². The van der Waals surface area contributed by atoms with Crippen molar-refractivity contribution >= 4 is 40.8 Å². The number of hydrogen-bond donors (Lipinski definition) is 3. The molecule has 1 amide bonds. The lowest BCUT2D eigenvalue weighted by molar-refractivity contribution is -0.140. The van der Waals surface area contributed by atoms with Crippen molar-refractivity contribution in [2.75, 3.05) is 19.0 Å². The van der Waals surface area contributed by atoms with Crippen molar-refractivity contribution in [3.05, 3.63) is 22.0 Å². The highest BCUT2D eigenvalue weighted by Crippen LogP contribution is 2.20. The minimum Gasteiger partial charge on any atom is -0.469 e. The third-order valence-corrected chi connectivity index (χ3v) is 4.61. The van der Waals surface area contributed by atoms with E-state index in [9.17, 15) is 9.59 Å². The van der Waals surface area contributed by atoms with Crippen molar-refractivity contribution in [1.82, 2.24) is 25.7 Å². The van der Waals surface area contributed by atoms with Crippen LogP contribution in [0.3, 0.4) is 0 Å². The lowest BCUT2D eigenvalue weighted by atomic mass is 10.1. The van der Waals surface area contributed by atoms with E-state index in [0.29, 0.717) is 36.6 Å². The normalized spacial score (nSPS) is 12.8. The van der Waals surface area contributed by atoms with Gasteiger partial charge in [-0.1, -0.05) is 11.3 Å². The summed E-state index contributed by atoms with van der Waals surface area (Å²) in [6.45, 7) is 1.51. The second kappa shape index (κ2) is 8.88. The quantitative estimate of drug-likeness (QED) is 0.635. The van der Waals surface area contributed by atoms with Gasteiger partial charge in [-0.2, -0.15) is 5.10 Å². The molecule has 9 nitrogen and oxygen atoms in total. The summed E-state index contributed by atoms with van der Waals surface area (Å²) in [6.07, 6.45) is 2.42. The average molecular weight is 387 g/mol. The smallest absolute Gasteiger partial charge is 0.305 e. The van der Waals surface area contributed by atoms with Gasteiger partial charge in [-0.15, -0.1) is 22.6 Å². The number of rotatable bonds is 6. The minimum absolute atomic E-state index is 0. The van der Waals surface area contributed by atoms with Crippen LogP contribution in [-0.4, -0.2) is 45.9 Å². The maximum Gasteiger partial charge on any atom is 0.305 e. The number of methoxy groups -OCH3 is 1. The van der Waals surface area contributed by atoms with Crippen LogP contribution in [0.2, 0.25) is 0 Å². The molecular weight excluding hydrogens is 368 g/mol. The monoisotopic (exact) mass is 386 g/mol. The molecule has 0 saturated carbocycles. The summed E-state index contributed by atoms with van der Waals surface area (Å²) in [5.41, 5.74) is 2.29. The molecule has 3 rings (SSSR count). The van der Waals surface area contributed by atoms with Gasteiger partial charge in [-0.25, -0.2) is 0 Å². The molecule has 0 saturated heterocycles. The van der Waals surface area contributed by atoms with Gasteiger partial charge in [0.2, 0.25) is 5.13 Å². The summed E-state index contributed by atoms with van der Waals surface area (Å²) < 4.78 is 4.59. The number of anilines is 1. The molecule has 3 heterocycles. The number of nitrogens with one attached hydrogen (secondary N) is 3. The Labute approximate surface area is 154 Å². The molecular formula is C14H19ClN6O3S. The third kappa shape index (κ3) is 4.74. The first kappa shape index (κ1) is 19.3. The van der Waals surface area contributed by atoms with Crippen molar-refractivity contribution in [2.45, 2.75) is 32.2 Å². The van der Waals surface area contributed by atoms with Gasteiger partial charge < -0.3 is 10.1 Å². The molecule has 25 heavy (non-hydrogen) atoms. The fourth-order valence-corrected chi connectivity index (χ4v) is 3.24. The molecule has 136 valence electrons. The van der Waals surface area contributed by atoms with Crippen LogP contribution in [0.5, 0.6) is 0 Å². The molecule has 0 aliphatic carbocycles. The van der Waals surface area contributed by atoms with Crippen LogP contribution in [0.1, 0.15) is 39.6 Å². The van der Waals surface area contributed by atoms with Gasteiger partial charge in [0.25, 0.3) is 5.91 Å². The predicted molar refractivity (Wildman–Crippen MR) is 94.1 cm³/mol. The molecule has 2 aromatic heterocycles. The predicted octanol–water partition coefficient (Wildman–Crippen LogP) is 1.08. The molecule has 0 spiro atoms. The largest absolute Gasteiger partial charge is 0.469 e. The van der Waals surface area contributed by atoms with Gasteiger partial charge in [0.1, 0.15) is 5.01 Å². The zero-order valence-electron chi connectivity index (χ0n) is 13.6. The molecule has 0 fully saturated rings. The number of amides is 1. The van der Waals surface area contributed by atoms with Gasteiger partial charge in [-0.3, -0.25) is 20.0 Å². The number of halogens is 1. The van der Waals surface area contributed by atoms with Crippen LogP contribution < -0.4 is 10.6 Å². The molecule has 1 aliphatic rings. The van der Waals surface area contributed by atoms with E-state index >= 15 is 0 Å². The van der Waals surface area contributed by atoms with Crippen LogP contribution in [0.4, 0.5) is 5.13 Å². The van der Waals surface area contributed by atoms with Crippen LogP contribution in [0.25, 0.3) is 0 Å². The van der Waals surface area contributed by atoms with E-state index in [1.54, 1.807) is 0 Å². The first-order chi connectivity index (χ1) is 11.7. The Morgan fingerprint density at radius 1 is 1.36 bits per heavy atom. The van der Waals surface area contributed by atoms with Crippen LogP contribution in [0, 0.1) is 0 Å². The van der Waals surface area contributed by atoms with E-state index in [2.05, 4.69) is 35.8 Å². The minimum atomic E-state index is -0.298. The second-order valence-corrected chi connectivity index (χ2v) is 6.40. The van der Waals surface area contributed by atoms with Crippen molar-refractivity contribution in [3.63, 3.8) is 0 Å². The second-order valence-electron chi connectivity index (χ2n) is 5.34. The lowest BCUT2D eigenvalue weighted by Crippen LogP contribution is -2.25. The molecule has 0 bridgehead atoms. The van der Waals surface area contributed by atoms with Gasteiger partial charge >= 0.3 is 5.97 Å². The summed E-state index contributed by atoms with van der Waals surface area (Å²) in [5, 5.41) is 22.1. The van der Waals surface area contributed by atoms with Gasteiger partial charge in [0.05, 0.1) is 7.11 Å². The lowest BCUT2D eigenvalue weighted by Gasteiger charge is -2.12. The average Bonchev–Trinajstić information content (AvgIpc) is 3.21.